The zero-order valence-corrected chi connectivity index (χ0v) is 11.9. The molecule has 7 heteroatoms. The minimum Gasteiger partial charge on any atom is -0.399 e. The van der Waals surface area contributed by atoms with Gasteiger partial charge in [-0.3, -0.25) is 0 Å². The summed E-state index contributed by atoms with van der Waals surface area (Å²) in [4.78, 5) is 4.16. The topological polar surface area (TPSA) is 78.0 Å². The van der Waals surface area contributed by atoms with Crippen molar-refractivity contribution in [3.05, 3.63) is 41.4 Å². The van der Waals surface area contributed by atoms with Gasteiger partial charge in [0, 0.05) is 24.6 Å². The third kappa shape index (κ3) is 3.08. The maximum absolute atomic E-state index is 12.2. The summed E-state index contributed by atoms with van der Waals surface area (Å²) in [6.45, 7) is 2.16. The molecule has 0 radical (unpaired) electrons. The van der Waals surface area contributed by atoms with Crippen LogP contribution in [0.25, 0.3) is 0 Å². The molecule has 19 heavy (non-hydrogen) atoms. The van der Waals surface area contributed by atoms with Gasteiger partial charge in [0.05, 0.1) is 15.7 Å². The first-order valence-corrected chi connectivity index (χ1v) is 7.69. The Morgan fingerprint density at radius 3 is 2.74 bits per heavy atom. The summed E-state index contributed by atoms with van der Waals surface area (Å²) in [5.74, 6) is 0.743. The number of aromatic nitrogens is 2. The second-order valence-electron chi connectivity index (χ2n) is 4.18. The van der Waals surface area contributed by atoms with E-state index in [1.54, 1.807) is 17.0 Å². The Bertz CT molecular complexity index is 695. The van der Waals surface area contributed by atoms with Crippen LogP contribution in [0.2, 0.25) is 5.02 Å². The van der Waals surface area contributed by atoms with E-state index in [1.165, 1.54) is 18.2 Å². The number of anilines is 1. The van der Waals surface area contributed by atoms with E-state index in [0.29, 0.717) is 12.2 Å². The standard InChI is InChI=1S/C12H14ClN3O2S/c1-9-15-4-5-16(9)6-7-19(17,18)12-3-2-10(14)8-11(12)13/h2-5,8H,6-7,14H2,1H3. The minimum absolute atomic E-state index is 0.0339. The van der Waals surface area contributed by atoms with Crippen molar-refractivity contribution >= 4 is 27.1 Å². The highest BCUT2D eigenvalue weighted by atomic mass is 35.5. The van der Waals surface area contributed by atoms with Crippen LogP contribution in [0.15, 0.2) is 35.5 Å². The van der Waals surface area contributed by atoms with Gasteiger partial charge in [0.15, 0.2) is 9.84 Å². The smallest absolute Gasteiger partial charge is 0.181 e. The third-order valence-electron chi connectivity index (χ3n) is 2.82. The first-order chi connectivity index (χ1) is 8.90. The number of rotatable bonds is 4. The molecule has 0 fully saturated rings. The summed E-state index contributed by atoms with van der Waals surface area (Å²) in [6, 6.07) is 4.41. The summed E-state index contributed by atoms with van der Waals surface area (Å²) < 4.78 is 26.2. The molecule has 5 nitrogen and oxygen atoms in total. The molecule has 2 aromatic rings. The molecule has 0 bridgehead atoms. The van der Waals surface area contributed by atoms with E-state index in [0.717, 1.165) is 5.82 Å². The number of nitrogens with zero attached hydrogens (tertiary/aromatic N) is 2. The number of imidazole rings is 1. The fourth-order valence-corrected chi connectivity index (χ4v) is 3.57. The van der Waals surface area contributed by atoms with Crippen LogP contribution in [0.3, 0.4) is 0 Å². The lowest BCUT2D eigenvalue weighted by atomic mass is 10.3. The summed E-state index contributed by atoms with van der Waals surface area (Å²) in [5.41, 5.74) is 5.99. The average molecular weight is 300 g/mol. The fraction of sp³-hybridized carbons (Fsp3) is 0.250. The molecule has 2 rings (SSSR count). The van der Waals surface area contributed by atoms with Gasteiger partial charge in [-0.15, -0.1) is 0 Å². The maximum atomic E-state index is 12.2. The van der Waals surface area contributed by atoms with Crippen molar-refractivity contribution in [3.8, 4) is 0 Å². The van der Waals surface area contributed by atoms with Gasteiger partial charge < -0.3 is 10.3 Å². The Balaban J connectivity index is 2.21. The molecule has 0 aliphatic heterocycles. The van der Waals surface area contributed by atoms with Gasteiger partial charge in [-0.05, 0) is 25.1 Å². The lowest BCUT2D eigenvalue weighted by molar-refractivity contribution is 0.587. The number of aryl methyl sites for hydroxylation is 2. The lowest BCUT2D eigenvalue weighted by Gasteiger charge is -2.08. The minimum atomic E-state index is -3.44. The molecule has 0 aliphatic carbocycles. The van der Waals surface area contributed by atoms with E-state index in [-0.39, 0.29) is 15.7 Å². The molecule has 2 N–H and O–H groups in total. The molecule has 0 saturated carbocycles. The van der Waals surface area contributed by atoms with Crippen LogP contribution in [0.1, 0.15) is 5.82 Å². The Morgan fingerprint density at radius 1 is 1.42 bits per heavy atom. The number of nitrogen functional groups attached to an aromatic ring is 1. The van der Waals surface area contributed by atoms with Crippen LogP contribution in [-0.2, 0) is 16.4 Å². The van der Waals surface area contributed by atoms with Crippen molar-refractivity contribution in [2.24, 2.45) is 0 Å². The number of nitrogens with two attached hydrogens (primary N) is 1. The Labute approximate surface area is 116 Å². The molecule has 0 atom stereocenters. The van der Waals surface area contributed by atoms with Gasteiger partial charge in [-0.2, -0.15) is 0 Å². The predicted molar refractivity (Wildman–Crippen MR) is 74.9 cm³/mol. The predicted octanol–water partition coefficient (Wildman–Crippen LogP) is 1.90. The van der Waals surface area contributed by atoms with E-state index in [1.807, 2.05) is 6.92 Å². The zero-order valence-electron chi connectivity index (χ0n) is 10.4. The number of hydrogen-bond acceptors (Lipinski definition) is 4. The van der Waals surface area contributed by atoms with E-state index >= 15 is 0 Å². The first-order valence-electron chi connectivity index (χ1n) is 5.65. The van der Waals surface area contributed by atoms with Crippen LogP contribution < -0.4 is 5.73 Å². The average Bonchev–Trinajstić information content (AvgIpc) is 2.72. The first kappa shape index (κ1) is 13.9. The highest BCUT2D eigenvalue weighted by molar-refractivity contribution is 7.91. The van der Waals surface area contributed by atoms with E-state index in [4.69, 9.17) is 17.3 Å². The van der Waals surface area contributed by atoms with Gasteiger partial charge in [0.2, 0.25) is 0 Å². The van der Waals surface area contributed by atoms with Gasteiger partial charge in [0.1, 0.15) is 5.82 Å². The van der Waals surface area contributed by atoms with Crippen LogP contribution in [0.4, 0.5) is 5.69 Å². The van der Waals surface area contributed by atoms with Crippen molar-refractivity contribution in [1.82, 2.24) is 9.55 Å². The van der Waals surface area contributed by atoms with Crippen LogP contribution in [0.5, 0.6) is 0 Å². The summed E-state index contributed by atoms with van der Waals surface area (Å²) in [6.07, 6.45) is 3.38. The molecule has 1 aromatic heterocycles. The monoisotopic (exact) mass is 299 g/mol. The van der Waals surface area contributed by atoms with Crippen molar-refractivity contribution in [2.75, 3.05) is 11.5 Å². The van der Waals surface area contributed by atoms with Crippen molar-refractivity contribution in [1.29, 1.82) is 0 Å². The van der Waals surface area contributed by atoms with Crippen LogP contribution >= 0.6 is 11.6 Å². The molecule has 102 valence electrons. The summed E-state index contributed by atoms with van der Waals surface area (Å²) in [7, 11) is -3.44. The second-order valence-corrected chi connectivity index (χ2v) is 6.66. The number of sulfone groups is 1. The Hall–Kier alpha value is -1.53. The number of benzene rings is 1. The molecule has 1 aromatic carbocycles. The van der Waals surface area contributed by atoms with Crippen LogP contribution in [0, 0.1) is 6.92 Å². The maximum Gasteiger partial charge on any atom is 0.181 e. The van der Waals surface area contributed by atoms with Crippen molar-refractivity contribution in [2.45, 2.75) is 18.4 Å². The highest BCUT2D eigenvalue weighted by Gasteiger charge is 2.18. The van der Waals surface area contributed by atoms with Gasteiger partial charge in [-0.25, -0.2) is 13.4 Å². The molecular weight excluding hydrogens is 286 g/mol. The Kier molecular flexibility index (Phi) is 3.82. The largest absolute Gasteiger partial charge is 0.399 e. The normalized spacial score (nSPS) is 11.7. The molecule has 0 saturated heterocycles. The van der Waals surface area contributed by atoms with E-state index in [9.17, 15) is 8.42 Å². The summed E-state index contributed by atoms with van der Waals surface area (Å²) >= 11 is 5.93. The third-order valence-corrected chi connectivity index (χ3v) is 4.99. The van der Waals surface area contributed by atoms with Gasteiger partial charge in [0.25, 0.3) is 0 Å². The SMILES string of the molecule is Cc1nccn1CCS(=O)(=O)c1ccc(N)cc1Cl. The lowest BCUT2D eigenvalue weighted by Crippen LogP contribution is -2.14. The molecule has 0 aliphatic rings. The second kappa shape index (κ2) is 5.22. The molecule has 1 heterocycles. The summed E-state index contributed by atoms with van der Waals surface area (Å²) in [5, 5.41) is 0.155. The van der Waals surface area contributed by atoms with Crippen molar-refractivity contribution < 1.29 is 8.42 Å². The van der Waals surface area contributed by atoms with Gasteiger partial charge in [-0.1, -0.05) is 11.6 Å². The zero-order chi connectivity index (χ0) is 14.0. The van der Waals surface area contributed by atoms with Crippen molar-refractivity contribution in [3.63, 3.8) is 0 Å². The van der Waals surface area contributed by atoms with Crippen LogP contribution in [-0.4, -0.2) is 23.7 Å². The highest BCUT2D eigenvalue weighted by Crippen LogP contribution is 2.24. The molecule has 0 spiro atoms. The molecular formula is C12H14ClN3O2S. The van der Waals surface area contributed by atoms with E-state index in [2.05, 4.69) is 4.98 Å². The molecule has 0 unspecified atom stereocenters. The number of hydrogen-bond donors (Lipinski definition) is 1. The fourth-order valence-electron chi connectivity index (χ4n) is 1.74. The number of halogens is 1. The molecule has 0 amide bonds. The Morgan fingerprint density at radius 2 is 2.16 bits per heavy atom. The van der Waals surface area contributed by atoms with Gasteiger partial charge >= 0.3 is 0 Å². The van der Waals surface area contributed by atoms with E-state index < -0.39 is 9.84 Å². The quantitative estimate of drug-likeness (QED) is 0.875.